The van der Waals surface area contributed by atoms with Gasteiger partial charge in [0, 0.05) is 18.0 Å². The zero-order valence-corrected chi connectivity index (χ0v) is 8.23. The number of nitrogens with zero attached hydrogens (tertiary/aromatic N) is 1. The maximum Gasteiger partial charge on any atom is 0.308 e. The second-order valence-corrected chi connectivity index (χ2v) is 3.03. The van der Waals surface area contributed by atoms with E-state index in [-0.39, 0.29) is 6.42 Å². The average Bonchev–Trinajstić information content (AvgIpc) is 2.18. The monoisotopic (exact) mass is 195 g/mol. The predicted octanol–water partition coefficient (Wildman–Crippen LogP) is 0.987. The average molecular weight is 195 g/mol. The minimum Gasteiger partial charge on any atom is -0.469 e. The maximum absolute atomic E-state index is 10.9. The summed E-state index contributed by atoms with van der Waals surface area (Å²) in [4.78, 5) is 14.8. The van der Waals surface area contributed by atoms with Crippen molar-refractivity contribution in [3.63, 3.8) is 0 Å². The number of aromatic nitrogens is 1. The second-order valence-electron chi connectivity index (χ2n) is 3.03. The van der Waals surface area contributed by atoms with Gasteiger partial charge >= 0.3 is 5.97 Å². The van der Waals surface area contributed by atoms with Crippen LogP contribution >= 0.6 is 0 Å². The van der Waals surface area contributed by atoms with Crippen LogP contribution in [0.25, 0.3) is 0 Å². The number of aryl methyl sites for hydroxylation is 1. The molecule has 1 rings (SSSR count). The Morgan fingerprint density at radius 3 is 3.00 bits per heavy atom. The summed E-state index contributed by atoms with van der Waals surface area (Å²) in [5.74, 6) is -0.430. The van der Waals surface area contributed by atoms with E-state index in [1.54, 1.807) is 18.5 Å². The van der Waals surface area contributed by atoms with E-state index < -0.39 is 12.1 Å². The molecule has 1 aromatic rings. The van der Waals surface area contributed by atoms with Gasteiger partial charge in [-0.15, -0.1) is 0 Å². The van der Waals surface area contributed by atoms with Crippen molar-refractivity contribution in [2.45, 2.75) is 19.4 Å². The van der Waals surface area contributed by atoms with Gasteiger partial charge in [0.2, 0.25) is 0 Å². The maximum atomic E-state index is 10.9. The van der Waals surface area contributed by atoms with E-state index in [0.717, 1.165) is 5.56 Å². The van der Waals surface area contributed by atoms with Gasteiger partial charge in [-0.2, -0.15) is 0 Å². The van der Waals surface area contributed by atoms with Gasteiger partial charge in [0.1, 0.15) is 0 Å². The van der Waals surface area contributed by atoms with Crippen LogP contribution in [0.1, 0.15) is 23.7 Å². The predicted molar refractivity (Wildman–Crippen MR) is 50.6 cm³/mol. The Bertz CT molecular complexity index is 325. The molecule has 0 radical (unpaired) electrons. The summed E-state index contributed by atoms with van der Waals surface area (Å²) in [6, 6.07) is 1.79. The lowest BCUT2D eigenvalue weighted by atomic mass is 10.0. The molecule has 14 heavy (non-hydrogen) atoms. The lowest BCUT2D eigenvalue weighted by molar-refractivity contribution is -0.142. The van der Waals surface area contributed by atoms with E-state index >= 15 is 0 Å². The number of carbonyl (C=O) groups is 1. The molecular weight excluding hydrogens is 182 g/mol. The Kier molecular flexibility index (Phi) is 3.59. The fraction of sp³-hybridized carbons (Fsp3) is 0.400. The summed E-state index contributed by atoms with van der Waals surface area (Å²) < 4.78 is 4.46. The van der Waals surface area contributed by atoms with Crippen molar-refractivity contribution in [3.8, 4) is 0 Å². The van der Waals surface area contributed by atoms with Crippen LogP contribution in [0.4, 0.5) is 0 Å². The van der Waals surface area contributed by atoms with Gasteiger partial charge in [-0.3, -0.25) is 9.78 Å². The number of pyridine rings is 1. The van der Waals surface area contributed by atoms with Crippen LogP contribution in [0.3, 0.4) is 0 Å². The van der Waals surface area contributed by atoms with Crippen molar-refractivity contribution in [3.05, 3.63) is 29.6 Å². The van der Waals surface area contributed by atoms with E-state index in [4.69, 9.17) is 0 Å². The molecule has 0 aliphatic heterocycles. The first-order chi connectivity index (χ1) is 6.65. The van der Waals surface area contributed by atoms with Gasteiger partial charge in [-0.25, -0.2) is 0 Å². The number of hydrogen-bond donors (Lipinski definition) is 1. The zero-order valence-electron chi connectivity index (χ0n) is 8.23. The van der Waals surface area contributed by atoms with E-state index in [1.165, 1.54) is 7.11 Å². The van der Waals surface area contributed by atoms with Crippen molar-refractivity contribution in [2.75, 3.05) is 7.11 Å². The summed E-state index contributed by atoms with van der Waals surface area (Å²) in [7, 11) is 1.30. The van der Waals surface area contributed by atoms with Crippen LogP contribution in [0, 0.1) is 6.92 Å². The normalized spacial score (nSPS) is 12.2. The smallest absolute Gasteiger partial charge is 0.308 e. The molecule has 1 aromatic heterocycles. The highest BCUT2D eigenvalue weighted by molar-refractivity contribution is 5.70. The molecule has 0 fully saturated rings. The molecule has 1 N–H and O–H groups in total. The summed E-state index contributed by atoms with van der Waals surface area (Å²) in [6.45, 7) is 1.86. The van der Waals surface area contributed by atoms with Crippen LogP contribution in [-0.4, -0.2) is 23.2 Å². The highest BCUT2D eigenvalue weighted by atomic mass is 16.5. The molecule has 0 spiro atoms. The standard InChI is InChI=1S/C10H13NO3/c1-7-3-4-11-6-8(7)9(12)5-10(13)14-2/h3-4,6,9,12H,5H2,1-2H3/t9-/m0/s1. The van der Waals surface area contributed by atoms with Crippen LogP contribution in [0.2, 0.25) is 0 Å². The first-order valence-electron chi connectivity index (χ1n) is 4.30. The highest BCUT2D eigenvalue weighted by Gasteiger charge is 2.14. The fourth-order valence-corrected chi connectivity index (χ4v) is 1.18. The molecule has 0 saturated heterocycles. The van der Waals surface area contributed by atoms with Crippen molar-refractivity contribution in [1.82, 2.24) is 4.98 Å². The Morgan fingerprint density at radius 2 is 2.43 bits per heavy atom. The summed E-state index contributed by atoms with van der Waals surface area (Å²) in [6.07, 6.45) is 2.33. The molecule has 1 heterocycles. The largest absolute Gasteiger partial charge is 0.469 e. The molecule has 4 heteroatoms. The molecule has 4 nitrogen and oxygen atoms in total. The van der Waals surface area contributed by atoms with Crippen molar-refractivity contribution < 1.29 is 14.6 Å². The Labute approximate surface area is 82.5 Å². The molecule has 0 unspecified atom stereocenters. The number of esters is 1. The Balaban J connectivity index is 2.74. The zero-order chi connectivity index (χ0) is 10.6. The molecule has 0 aromatic carbocycles. The van der Waals surface area contributed by atoms with E-state index in [2.05, 4.69) is 9.72 Å². The van der Waals surface area contributed by atoms with Crippen LogP contribution < -0.4 is 0 Å². The van der Waals surface area contributed by atoms with E-state index in [1.807, 2.05) is 6.92 Å². The lowest BCUT2D eigenvalue weighted by Crippen LogP contribution is -2.09. The number of carbonyl (C=O) groups excluding carboxylic acids is 1. The number of aliphatic hydroxyl groups excluding tert-OH is 1. The lowest BCUT2D eigenvalue weighted by Gasteiger charge is -2.11. The molecule has 0 aliphatic rings. The number of hydrogen-bond acceptors (Lipinski definition) is 4. The second kappa shape index (κ2) is 4.72. The SMILES string of the molecule is COC(=O)C[C@H](O)c1cnccc1C. The third kappa shape index (κ3) is 2.53. The molecular formula is C10H13NO3. The highest BCUT2D eigenvalue weighted by Crippen LogP contribution is 2.19. The third-order valence-corrected chi connectivity index (χ3v) is 2.03. The number of methoxy groups -OCH3 is 1. The molecule has 0 aliphatic carbocycles. The number of rotatable bonds is 3. The van der Waals surface area contributed by atoms with Gasteiger partial charge in [0.05, 0.1) is 19.6 Å². The van der Waals surface area contributed by atoms with Crippen LogP contribution in [0.5, 0.6) is 0 Å². The molecule has 0 amide bonds. The topological polar surface area (TPSA) is 59.4 Å². The van der Waals surface area contributed by atoms with Gasteiger partial charge in [0.25, 0.3) is 0 Å². The Hall–Kier alpha value is -1.42. The minimum absolute atomic E-state index is 0.0387. The van der Waals surface area contributed by atoms with Gasteiger partial charge in [0.15, 0.2) is 0 Å². The first kappa shape index (κ1) is 10.7. The van der Waals surface area contributed by atoms with Crippen molar-refractivity contribution in [2.24, 2.45) is 0 Å². The third-order valence-electron chi connectivity index (χ3n) is 2.03. The Morgan fingerprint density at radius 1 is 1.71 bits per heavy atom. The van der Waals surface area contributed by atoms with Gasteiger partial charge in [-0.1, -0.05) is 0 Å². The number of ether oxygens (including phenoxy) is 1. The van der Waals surface area contributed by atoms with Crippen molar-refractivity contribution in [1.29, 1.82) is 0 Å². The minimum atomic E-state index is -0.837. The quantitative estimate of drug-likeness (QED) is 0.730. The fourth-order valence-electron chi connectivity index (χ4n) is 1.18. The molecule has 1 atom stereocenters. The first-order valence-corrected chi connectivity index (χ1v) is 4.30. The molecule has 0 saturated carbocycles. The number of aliphatic hydroxyl groups is 1. The summed E-state index contributed by atoms with van der Waals surface area (Å²) >= 11 is 0. The summed E-state index contributed by atoms with van der Waals surface area (Å²) in [5.41, 5.74) is 1.58. The van der Waals surface area contributed by atoms with Crippen molar-refractivity contribution >= 4 is 5.97 Å². The van der Waals surface area contributed by atoms with E-state index in [9.17, 15) is 9.90 Å². The summed E-state index contributed by atoms with van der Waals surface area (Å²) in [5, 5.41) is 9.66. The van der Waals surface area contributed by atoms with Crippen LogP contribution in [0.15, 0.2) is 18.5 Å². The molecule has 76 valence electrons. The van der Waals surface area contributed by atoms with Gasteiger partial charge < -0.3 is 9.84 Å². The van der Waals surface area contributed by atoms with Crippen LogP contribution in [-0.2, 0) is 9.53 Å². The molecule has 0 bridgehead atoms. The van der Waals surface area contributed by atoms with Gasteiger partial charge in [-0.05, 0) is 18.6 Å². The van der Waals surface area contributed by atoms with E-state index in [0.29, 0.717) is 5.56 Å².